The number of hydrogen-bond acceptors (Lipinski definition) is 1. The molecule has 0 fully saturated rings. The lowest BCUT2D eigenvalue weighted by Gasteiger charge is -2.02. The minimum Gasteiger partial charge on any atom is -0.624 e. The predicted octanol–water partition coefficient (Wildman–Crippen LogP) is 2.49. The van der Waals surface area contributed by atoms with Crippen molar-refractivity contribution in [2.45, 2.75) is 34.1 Å². The summed E-state index contributed by atoms with van der Waals surface area (Å²) in [4.78, 5) is 0. The minimum absolute atomic E-state index is 0.530. The SMILES string of the molecule is CC(C)=C=CCC[N+]([O-])=C(C)C. The molecule has 0 saturated heterocycles. The van der Waals surface area contributed by atoms with E-state index in [1.807, 2.05) is 33.8 Å². The highest BCUT2D eigenvalue weighted by Gasteiger charge is 1.92. The van der Waals surface area contributed by atoms with E-state index in [-0.39, 0.29) is 0 Å². The standard InChI is InChI=1S/C10H17NO/c1-9(2)7-5-6-8-11(12)10(3)4/h5H,6,8H2,1-4H3. The molecule has 0 spiro atoms. The highest BCUT2D eigenvalue weighted by molar-refractivity contribution is 5.73. The zero-order valence-corrected chi connectivity index (χ0v) is 8.35. The fraction of sp³-hybridized carbons (Fsp3) is 0.600. The van der Waals surface area contributed by atoms with Gasteiger partial charge in [-0.2, -0.15) is 0 Å². The van der Waals surface area contributed by atoms with Crippen LogP contribution in [0.4, 0.5) is 0 Å². The molecule has 0 bridgehead atoms. The lowest BCUT2D eigenvalue weighted by atomic mass is 10.3. The molecule has 0 rings (SSSR count). The van der Waals surface area contributed by atoms with Gasteiger partial charge >= 0.3 is 0 Å². The number of hydrogen-bond donors (Lipinski definition) is 0. The largest absolute Gasteiger partial charge is 0.624 e. The number of nitrogens with zero attached hydrogens (tertiary/aromatic N) is 1. The van der Waals surface area contributed by atoms with Crippen LogP contribution in [-0.2, 0) is 0 Å². The molecule has 0 unspecified atom stereocenters. The first-order valence-corrected chi connectivity index (χ1v) is 4.17. The van der Waals surface area contributed by atoms with Gasteiger partial charge in [-0.3, -0.25) is 0 Å². The van der Waals surface area contributed by atoms with Crippen LogP contribution in [0.3, 0.4) is 0 Å². The summed E-state index contributed by atoms with van der Waals surface area (Å²) in [6, 6.07) is 0. The average Bonchev–Trinajstić information content (AvgIpc) is 1.97. The molecular weight excluding hydrogens is 150 g/mol. The Balaban J connectivity index is 3.88. The van der Waals surface area contributed by atoms with Crippen LogP contribution in [0.15, 0.2) is 17.4 Å². The molecule has 0 atom stereocenters. The third-order valence-corrected chi connectivity index (χ3v) is 1.37. The van der Waals surface area contributed by atoms with Gasteiger partial charge in [0, 0.05) is 20.3 Å². The third-order valence-electron chi connectivity index (χ3n) is 1.37. The van der Waals surface area contributed by atoms with E-state index in [1.165, 1.54) is 0 Å². The van der Waals surface area contributed by atoms with Crippen molar-refractivity contribution < 1.29 is 4.74 Å². The Kier molecular flexibility index (Phi) is 5.14. The Morgan fingerprint density at radius 3 is 2.33 bits per heavy atom. The van der Waals surface area contributed by atoms with Crippen molar-refractivity contribution in [1.29, 1.82) is 0 Å². The Bertz CT molecular complexity index is 224. The van der Waals surface area contributed by atoms with E-state index < -0.39 is 0 Å². The van der Waals surface area contributed by atoms with Crippen molar-refractivity contribution in [2.75, 3.05) is 6.54 Å². The first-order valence-electron chi connectivity index (χ1n) is 4.17. The van der Waals surface area contributed by atoms with Crippen molar-refractivity contribution >= 4 is 5.71 Å². The van der Waals surface area contributed by atoms with Gasteiger partial charge in [-0.1, -0.05) is 0 Å². The minimum atomic E-state index is 0.530. The Labute approximate surface area is 74.5 Å². The zero-order valence-electron chi connectivity index (χ0n) is 8.35. The lowest BCUT2D eigenvalue weighted by molar-refractivity contribution is -0.457. The van der Waals surface area contributed by atoms with Gasteiger partial charge in [0.1, 0.15) is 0 Å². The van der Waals surface area contributed by atoms with Gasteiger partial charge in [-0.25, -0.2) is 4.74 Å². The van der Waals surface area contributed by atoms with Crippen LogP contribution in [0.25, 0.3) is 0 Å². The smallest absolute Gasteiger partial charge is 0.157 e. The summed E-state index contributed by atoms with van der Waals surface area (Å²) in [7, 11) is 0. The van der Waals surface area contributed by atoms with Gasteiger partial charge in [0.05, 0.1) is 0 Å². The highest BCUT2D eigenvalue weighted by Crippen LogP contribution is 1.88. The monoisotopic (exact) mass is 167 g/mol. The van der Waals surface area contributed by atoms with Crippen LogP contribution in [0.2, 0.25) is 0 Å². The van der Waals surface area contributed by atoms with E-state index in [4.69, 9.17) is 0 Å². The summed E-state index contributed by atoms with van der Waals surface area (Å²) >= 11 is 0. The molecule has 68 valence electrons. The van der Waals surface area contributed by atoms with E-state index in [9.17, 15) is 5.21 Å². The van der Waals surface area contributed by atoms with Crippen molar-refractivity contribution in [3.8, 4) is 0 Å². The fourth-order valence-electron chi connectivity index (χ4n) is 0.682. The molecule has 0 radical (unpaired) electrons. The molecule has 0 N–H and O–H groups in total. The molecule has 0 amide bonds. The van der Waals surface area contributed by atoms with Gasteiger partial charge in [-0.05, 0) is 25.5 Å². The number of hydroxylamine groups is 1. The normalized spacial score (nSPS) is 8.67. The van der Waals surface area contributed by atoms with Crippen molar-refractivity contribution in [2.24, 2.45) is 0 Å². The van der Waals surface area contributed by atoms with Gasteiger partial charge in [0.15, 0.2) is 12.3 Å². The maximum atomic E-state index is 11.0. The summed E-state index contributed by atoms with van der Waals surface area (Å²) < 4.78 is 1.00. The van der Waals surface area contributed by atoms with Crippen LogP contribution >= 0.6 is 0 Å². The van der Waals surface area contributed by atoms with Gasteiger partial charge in [0.25, 0.3) is 0 Å². The Hall–Kier alpha value is -1.01. The van der Waals surface area contributed by atoms with Gasteiger partial charge in [0.2, 0.25) is 0 Å². The first kappa shape index (κ1) is 11.0. The second kappa shape index (κ2) is 5.62. The molecule has 0 aliphatic heterocycles. The second-order valence-electron chi connectivity index (χ2n) is 3.19. The van der Waals surface area contributed by atoms with Crippen molar-refractivity contribution in [3.05, 3.63) is 22.6 Å². The van der Waals surface area contributed by atoms with Crippen LogP contribution in [0.1, 0.15) is 34.1 Å². The Morgan fingerprint density at radius 2 is 1.92 bits per heavy atom. The Morgan fingerprint density at radius 1 is 1.33 bits per heavy atom. The topological polar surface area (TPSA) is 26.1 Å². The van der Waals surface area contributed by atoms with E-state index in [1.54, 1.807) is 0 Å². The van der Waals surface area contributed by atoms with E-state index in [0.29, 0.717) is 6.54 Å². The van der Waals surface area contributed by atoms with E-state index >= 15 is 0 Å². The van der Waals surface area contributed by atoms with Crippen LogP contribution in [0, 0.1) is 5.21 Å². The maximum Gasteiger partial charge on any atom is 0.157 e. The molecule has 0 aromatic carbocycles. The summed E-state index contributed by atoms with van der Waals surface area (Å²) in [5, 5.41) is 11.0. The molecule has 0 aliphatic rings. The molecule has 12 heavy (non-hydrogen) atoms. The molecular formula is C10H17NO. The second-order valence-corrected chi connectivity index (χ2v) is 3.19. The van der Waals surface area contributed by atoms with Crippen LogP contribution in [-0.4, -0.2) is 17.0 Å². The molecule has 0 heterocycles. The van der Waals surface area contributed by atoms with Crippen LogP contribution < -0.4 is 0 Å². The molecule has 0 aromatic rings. The summed E-state index contributed by atoms with van der Waals surface area (Å²) in [5.74, 6) is 0. The van der Waals surface area contributed by atoms with Crippen LogP contribution in [0.5, 0.6) is 0 Å². The summed E-state index contributed by atoms with van der Waals surface area (Å²) in [6.07, 6.45) is 2.67. The summed E-state index contributed by atoms with van der Waals surface area (Å²) in [6.45, 7) is 8.14. The van der Waals surface area contributed by atoms with Gasteiger partial charge in [-0.15, -0.1) is 5.73 Å². The quantitative estimate of drug-likeness (QED) is 0.208. The van der Waals surface area contributed by atoms with E-state index in [0.717, 1.165) is 22.4 Å². The van der Waals surface area contributed by atoms with Crippen molar-refractivity contribution in [1.82, 2.24) is 0 Å². The number of rotatable bonds is 3. The maximum absolute atomic E-state index is 11.0. The molecule has 0 aromatic heterocycles. The molecule has 2 nitrogen and oxygen atoms in total. The van der Waals surface area contributed by atoms with Gasteiger partial charge < -0.3 is 5.21 Å². The molecule has 2 heteroatoms. The molecule has 0 saturated carbocycles. The summed E-state index contributed by atoms with van der Waals surface area (Å²) in [5.41, 5.74) is 5.01. The fourth-order valence-corrected chi connectivity index (χ4v) is 0.682. The zero-order chi connectivity index (χ0) is 9.56. The first-order chi connectivity index (χ1) is 5.54. The lowest BCUT2D eigenvalue weighted by Crippen LogP contribution is -2.10. The third kappa shape index (κ3) is 5.75. The van der Waals surface area contributed by atoms with Crippen molar-refractivity contribution in [3.63, 3.8) is 0 Å². The van der Waals surface area contributed by atoms with E-state index in [2.05, 4.69) is 5.73 Å². The molecule has 0 aliphatic carbocycles. The predicted molar refractivity (Wildman–Crippen MR) is 52.4 cm³/mol. The highest BCUT2D eigenvalue weighted by atomic mass is 16.5. The average molecular weight is 167 g/mol.